The summed E-state index contributed by atoms with van der Waals surface area (Å²) in [5, 5.41) is 2.57. The molecule has 134 valence electrons. The van der Waals surface area contributed by atoms with Gasteiger partial charge in [-0.1, -0.05) is 18.2 Å². The molecule has 5 nitrogen and oxygen atoms in total. The number of thiophene rings is 1. The van der Waals surface area contributed by atoms with E-state index >= 15 is 0 Å². The molecule has 6 heteroatoms. The van der Waals surface area contributed by atoms with Crippen molar-refractivity contribution in [3.05, 3.63) is 67.7 Å². The molecule has 0 saturated heterocycles. The van der Waals surface area contributed by atoms with Crippen molar-refractivity contribution in [2.24, 2.45) is 0 Å². The Morgan fingerprint density at radius 2 is 1.96 bits per heavy atom. The van der Waals surface area contributed by atoms with E-state index in [1.54, 1.807) is 12.1 Å². The summed E-state index contributed by atoms with van der Waals surface area (Å²) in [5.41, 5.74) is 2.52. The third-order valence-corrected chi connectivity index (χ3v) is 5.17. The van der Waals surface area contributed by atoms with Crippen molar-refractivity contribution >= 4 is 34.1 Å². The van der Waals surface area contributed by atoms with Crippen LogP contribution in [-0.2, 0) is 16.1 Å². The van der Waals surface area contributed by atoms with Gasteiger partial charge in [-0.05, 0) is 36.4 Å². The zero-order valence-electron chi connectivity index (χ0n) is 14.5. The number of aryl methyl sites for hydroxylation is 2. The van der Waals surface area contributed by atoms with Crippen molar-refractivity contribution in [3.8, 4) is 0 Å². The van der Waals surface area contributed by atoms with Gasteiger partial charge in [0.25, 0.3) is 0 Å². The quantitative estimate of drug-likeness (QED) is 0.370. The van der Waals surface area contributed by atoms with Crippen LogP contribution >= 0.6 is 11.3 Å². The molecular formula is C20H18O5S. The Morgan fingerprint density at radius 3 is 2.69 bits per heavy atom. The molecule has 0 atom stereocenters. The molecule has 0 fully saturated rings. The largest absolute Gasteiger partial charge is 0.461 e. The number of hydrogen-bond acceptors (Lipinski definition) is 6. The highest BCUT2D eigenvalue weighted by atomic mass is 32.1. The third-order valence-electron chi connectivity index (χ3n) is 4.26. The molecule has 3 rings (SSSR count). The molecule has 3 aromatic rings. The van der Waals surface area contributed by atoms with Crippen LogP contribution in [-0.4, -0.2) is 11.8 Å². The van der Waals surface area contributed by atoms with Crippen LogP contribution in [0.15, 0.2) is 44.9 Å². The number of esters is 1. The minimum absolute atomic E-state index is 0.00818. The maximum absolute atomic E-state index is 12.0. The fourth-order valence-electron chi connectivity index (χ4n) is 2.65. The zero-order chi connectivity index (χ0) is 18.7. The lowest BCUT2D eigenvalue weighted by molar-refractivity contribution is -0.144. The zero-order valence-corrected chi connectivity index (χ0v) is 15.4. The second kappa shape index (κ2) is 7.66. The smallest absolute Gasteiger partial charge is 0.336 e. The number of hydrogen-bond donors (Lipinski definition) is 0. The van der Waals surface area contributed by atoms with Crippen LogP contribution in [0, 0.1) is 13.8 Å². The van der Waals surface area contributed by atoms with Crippen LogP contribution in [0.2, 0.25) is 0 Å². The van der Waals surface area contributed by atoms with E-state index in [2.05, 4.69) is 0 Å². The van der Waals surface area contributed by atoms with Crippen molar-refractivity contribution in [3.63, 3.8) is 0 Å². The number of ketones is 1. The highest BCUT2D eigenvalue weighted by Crippen LogP contribution is 2.23. The van der Waals surface area contributed by atoms with Crippen molar-refractivity contribution < 1.29 is 18.7 Å². The molecule has 0 unspecified atom stereocenters. The first kappa shape index (κ1) is 18.1. The molecule has 0 bridgehead atoms. The van der Waals surface area contributed by atoms with Gasteiger partial charge in [-0.25, -0.2) is 4.79 Å². The molecule has 2 heterocycles. The maximum Gasteiger partial charge on any atom is 0.336 e. The Labute approximate surface area is 154 Å². The molecule has 0 spiro atoms. The van der Waals surface area contributed by atoms with E-state index in [1.165, 1.54) is 17.4 Å². The highest BCUT2D eigenvalue weighted by molar-refractivity contribution is 7.12. The van der Waals surface area contributed by atoms with Crippen LogP contribution in [0.25, 0.3) is 11.0 Å². The first-order valence-electron chi connectivity index (χ1n) is 8.21. The molecule has 0 aliphatic carbocycles. The lowest BCUT2D eigenvalue weighted by Crippen LogP contribution is -2.09. The van der Waals surface area contributed by atoms with E-state index in [0.29, 0.717) is 16.0 Å². The van der Waals surface area contributed by atoms with Crippen LogP contribution in [0.1, 0.15) is 39.2 Å². The normalized spacial score (nSPS) is 10.8. The predicted molar refractivity (Wildman–Crippen MR) is 99.6 cm³/mol. The average Bonchev–Trinajstić information content (AvgIpc) is 3.16. The van der Waals surface area contributed by atoms with Gasteiger partial charge in [0.05, 0.1) is 11.3 Å². The van der Waals surface area contributed by atoms with Gasteiger partial charge in [-0.3, -0.25) is 9.59 Å². The molecule has 0 saturated carbocycles. The Hall–Kier alpha value is -2.73. The Kier molecular flexibility index (Phi) is 5.32. The van der Waals surface area contributed by atoms with E-state index in [1.807, 2.05) is 31.4 Å². The fraction of sp³-hybridized carbons (Fsp3) is 0.250. The van der Waals surface area contributed by atoms with Gasteiger partial charge >= 0.3 is 11.6 Å². The summed E-state index contributed by atoms with van der Waals surface area (Å²) >= 11 is 1.35. The van der Waals surface area contributed by atoms with Crippen LogP contribution in [0.5, 0.6) is 0 Å². The Bertz CT molecular complexity index is 1010. The number of carbonyl (C=O) groups excluding carboxylic acids is 2. The van der Waals surface area contributed by atoms with Crippen molar-refractivity contribution in [2.45, 2.75) is 33.3 Å². The van der Waals surface area contributed by atoms with E-state index in [4.69, 9.17) is 9.15 Å². The third kappa shape index (κ3) is 3.91. The summed E-state index contributed by atoms with van der Waals surface area (Å²) in [6.07, 6.45) is 0.115. The molecule has 0 aliphatic heterocycles. The lowest BCUT2D eigenvalue weighted by Gasteiger charge is -2.09. The minimum Gasteiger partial charge on any atom is -0.461 e. The van der Waals surface area contributed by atoms with Gasteiger partial charge in [-0.15, -0.1) is 11.3 Å². The van der Waals surface area contributed by atoms with Gasteiger partial charge < -0.3 is 9.15 Å². The first-order chi connectivity index (χ1) is 12.5. The summed E-state index contributed by atoms with van der Waals surface area (Å²) < 4.78 is 10.6. The molecule has 0 amide bonds. The van der Waals surface area contributed by atoms with Crippen LogP contribution < -0.4 is 5.63 Å². The predicted octanol–water partition coefficient (Wildman–Crippen LogP) is 4.18. The first-order valence-corrected chi connectivity index (χ1v) is 9.09. The Morgan fingerprint density at radius 1 is 1.15 bits per heavy atom. The molecule has 2 aromatic heterocycles. The number of benzene rings is 1. The monoisotopic (exact) mass is 370 g/mol. The van der Waals surface area contributed by atoms with E-state index < -0.39 is 11.6 Å². The molecule has 0 radical (unpaired) electrons. The number of carbonyl (C=O) groups is 2. The van der Waals surface area contributed by atoms with Crippen LogP contribution in [0.3, 0.4) is 0 Å². The summed E-state index contributed by atoms with van der Waals surface area (Å²) in [6.45, 7) is 3.79. The van der Waals surface area contributed by atoms with Gasteiger partial charge in [0.1, 0.15) is 12.2 Å². The summed E-state index contributed by atoms with van der Waals surface area (Å²) in [6, 6.07) is 8.65. The average molecular weight is 370 g/mol. The minimum atomic E-state index is -0.481. The fourth-order valence-corrected chi connectivity index (χ4v) is 3.34. The van der Waals surface area contributed by atoms with Crippen molar-refractivity contribution in [1.82, 2.24) is 0 Å². The molecule has 1 aromatic carbocycles. The molecular weight excluding hydrogens is 352 g/mol. The molecule has 0 N–H and O–H groups in total. The van der Waals surface area contributed by atoms with Gasteiger partial charge in [-0.2, -0.15) is 0 Å². The summed E-state index contributed by atoms with van der Waals surface area (Å²) in [4.78, 5) is 36.3. The number of Topliss-reactive ketones (excluding diaryl/α,β-unsaturated/α-hetero) is 1. The number of fused-ring (bicyclic) bond motifs is 1. The van der Waals surface area contributed by atoms with Crippen molar-refractivity contribution in [1.29, 1.82) is 0 Å². The molecule has 26 heavy (non-hydrogen) atoms. The van der Waals surface area contributed by atoms with E-state index in [0.717, 1.165) is 16.5 Å². The second-order valence-corrected chi connectivity index (χ2v) is 6.98. The van der Waals surface area contributed by atoms with E-state index in [-0.39, 0.29) is 25.2 Å². The van der Waals surface area contributed by atoms with Gasteiger partial charge in [0.15, 0.2) is 5.78 Å². The number of rotatable bonds is 6. The number of ether oxygens (including phenoxy) is 1. The Balaban J connectivity index is 1.68. The topological polar surface area (TPSA) is 73.6 Å². The molecule has 0 aliphatic rings. The second-order valence-electron chi connectivity index (χ2n) is 6.04. The SMILES string of the molecule is Cc1ccc2c(COC(=O)CCC(=O)c3cccs3)cc(=O)oc2c1C. The van der Waals surface area contributed by atoms with Crippen molar-refractivity contribution in [2.75, 3.05) is 0 Å². The highest BCUT2D eigenvalue weighted by Gasteiger charge is 2.13. The standard InChI is InChI=1S/C20H18O5S/c1-12-5-6-15-14(10-19(23)25-20(15)13(12)2)11-24-18(22)8-7-16(21)17-4-3-9-26-17/h3-6,9-10H,7-8,11H2,1-2H3. The summed E-state index contributed by atoms with van der Waals surface area (Å²) in [5.74, 6) is -0.547. The van der Waals surface area contributed by atoms with Gasteiger partial charge in [0, 0.05) is 23.4 Å². The van der Waals surface area contributed by atoms with Crippen LogP contribution in [0.4, 0.5) is 0 Å². The summed E-state index contributed by atoms with van der Waals surface area (Å²) in [7, 11) is 0. The lowest BCUT2D eigenvalue weighted by atomic mass is 10.0. The van der Waals surface area contributed by atoms with Gasteiger partial charge in [0.2, 0.25) is 0 Å². The van der Waals surface area contributed by atoms with E-state index in [9.17, 15) is 14.4 Å². The maximum atomic E-state index is 12.0.